The van der Waals surface area contributed by atoms with Crippen molar-refractivity contribution in [3.05, 3.63) is 59.7 Å². The summed E-state index contributed by atoms with van der Waals surface area (Å²) in [6, 6.07) is 10.00. The fraction of sp³-hybridized carbons (Fsp3) is 0.176. The number of nitrogens with one attached hydrogen (secondary N) is 2. The number of anilines is 2. The average Bonchev–Trinajstić information content (AvgIpc) is 2.58. The van der Waals surface area contributed by atoms with Gasteiger partial charge in [-0.1, -0.05) is 12.1 Å². The molecular weight excluding hydrogens is 316 g/mol. The van der Waals surface area contributed by atoms with Crippen LogP contribution in [-0.4, -0.2) is 31.4 Å². The molecule has 7 heteroatoms. The van der Waals surface area contributed by atoms with Gasteiger partial charge in [-0.3, -0.25) is 9.59 Å². The van der Waals surface area contributed by atoms with E-state index >= 15 is 0 Å². The number of benzene rings is 2. The highest BCUT2D eigenvalue weighted by Gasteiger charge is 2.20. The average molecular weight is 331 g/mol. The van der Waals surface area contributed by atoms with Gasteiger partial charge in [-0.05, 0) is 30.3 Å². The molecule has 1 aliphatic heterocycles. The van der Waals surface area contributed by atoms with Gasteiger partial charge in [0.05, 0.1) is 17.9 Å². The van der Waals surface area contributed by atoms with Gasteiger partial charge in [0.2, 0.25) is 5.91 Å². The predicted molar refractivity (Wildman–Crippen MR) is 86.0 cm³/mol. The summed E-state index contributed by atoms with van der Waals surface area (Å²) in [4.78, 5) is 25.7. The second-order valence-corrected chi connectivity index (χ2v) is 5.37. The normalized spacial score (nSPS) is 14.2. The van der Waals surface area contributed by atoms with Crippen LogP contribution in [0, 0.1) is 11.6 Å². The number of hydrogen-bond acceptors (Lipinski definition) is 3. The third-order valence-electron chi connectivity index (χ3n) is 3.71. The summed E-state index contributed by atoms with van der Waals surface area (Å²) < 4.78 is 26.3. The highest BCUT2D eigenvalue weighted by molar-refractivity contribution is 6.06. The fourth-order valence-corrected chi connectivity index (χ4v) is 2.53. The smallest absolute Gasteiger partial charge is 0.255 e. The monoisotopic (exact) mass is 331 g/mol. The molecule has 0 radical (unpaired) electrons. The van der Waals surface area contributed by atoms with Gasteiger partial charge in [-0.15, -0.1) is 0 Å². The van der Waals surface area contributed by atoms with E-state index in [9.17, 15) is 18.4 Å². The Hall–Kier alpha value is -2.96. The summed E-state index contributed by atoms with van der Waals surface area (Å²) in [5, 5.41) is 5.42. The third-order valence-corrected chi connectivity index (χ3v) is 3.71. The van der Waals surface area contributed by atoms with Crippen LogP contribution in [0.2, 0.25) is 0 Å². The molecule has 0 aliphatic carbocycles. The first kappa shape index (κ1) is 15.9. The van der Waals surface area contributed by atoms with Crippen LogP contribution in [0.25, 0.3) is 0 Å². The number of carbonyl (C=O) groups excluding carboxylic acids is 2. The SMILES string of the molecule is O=C1CN(c2ccccc2NC(=O)c2ccc(F)c(F)c2)CCN1. The third kappa shape index (κ3) is 3.34. The molecule has 124 valence electrons. The highest BCUT2D eigenvalue weighted by Crippen LogP contribution is 2.26. The quantitative estimate of drug-likeness (QED) is 0.906. The van der Waals surface area contributed by atoms with Gasteiger partial charge >= 0.3 is 0 Å². The number of piperazine rings is 1. The molecule has 2 N–H and O–H groups in total. The second kappa shape index (κ2) is 6.66. The molecule has 0 spiro atoms. The Bertz CT molecular complexity index is 795. The van der Waals surface area contributed by atoms with Gasteiger partial charge in [0.25, 0.3) is 5.91 Å². The maximum atomic E-state index is 13.3. The lowest BCUT2D eigenvalue weighted by Crippen LogP contribution is -2.47. The van der Waals surface area contributed by atoms with Crippen molar-refractivity contribution >= 4 is 23.2 Å². The molecule has 1 fully saturated rings. The molecule has 1 heterocycles. The molecule has 0 atom stereocenters. The molecule has 2 aromatic rings. The Kier molecular flexibility index (Phi) is 4.41. The van der Waals surface area contributed by atoms with Crippen LogP contribution in [0.15, 0.2) is 42.5 Å². The zero-order chi connectivity index (χ0) is 17.1. The van der Waals surface area contributed by atoms with Gasteiger partial charge in [-0.25, -0.2) is 8.78 Å². The lowest BCUT2D eigenvalue weighted by Gasteiger charge is -2.30. The first-order chi connectivity index (χ1) is 11.5. The molecular formula is C17H15F2N3O2. The van der Waals surface area contributed by atoms with E-state index in [4.69, 9.17) is 0 Å². The van der Waals surface area contributed by atoms with Crippen molar-refractivity contribution in [1.29, 1.82) is 0 Å². The van der Waals surface area contributed by atoms with Crippen molar-refractivity contribution in [2.45, 2.75) is 0 Å². The summed E-state index contributed by atoms with van der Waals surface area (Å²) in [7, 11) is 0. The molecule has 5 nitrogen and oxygen atoms in total. The van der Waals surface area contributed by atoms with E-state index < -0.39 is 17.5 Å². The Labute approximate surface area is 137 Å². The number of carbonyl (C=O) groups is 2. The van der Waals surface area contributed by atoms with E-state index in [1.54, 1.807) is 24.3 Å². The molecule has 2 aromatic carbocycles. The standard InChI is InChI=1S/C17H15F2N3O2/c18-12-6-5-11(9-13(12)19)17(24)21-14-3-1-2-4-15(14)22-8-7-20-16(23)10-22/h1-6,9H,7-8,10H2,(H,20,23)(H,21,24). The summed E-state index contributed by atoms with van der Waals surface area (Å²) >= 11 is 0. The Morgan fingerprint density at radius 2 is 1.92 bits per heavy atom. The number of hydrogen-bond donors (Lipinski definition) is 2. The highest BCUT2D eigenvalue weighted by atomic mass is 19.2. The van der Waals surface area contributed by atoms with Crippen LogP contribution in [0.4, 0.5) is 20.2 Å². The lowest BCUT2D eigenvalue weighted by atomic mass is 10.1. The minimum Gasteiger partial charge on any atom is -0.359 e. The number of nitrogens with zero attached hydrogens (tertiary/aromatic N) is 1. The molecule has 0 unspecified atom stereocenters. The number of rotatable bonds is 3. The van der Waals surface area contributed by atoms with E-state index in [0.717, 1.165) is 12.1 Å². The number of halogens is 2. The van der Waals surface area contributed by atoms with Gasteiger partial charge in [0.15, 0.2) is 11.6 Å². The maximum Gasteiger partial charge on any atom is 0.255 e. The Morgan fingerprint density at radius 3 is 2.67 bits per heavy atom. The van der Waals surface area contributed by atoms with Crippen LogP contribution < -0.4 is 15.5 Å². The van der Waals surface area contributed by atoms with Crippen LogP contribution in [-0.2, 0) is 4.79 Å². The molecule has 0 saturated carbocycles. The van der Waals surface area contributed by atoms with E-state index in [-0.39, 0.29) is 18.0 Å². The number of para-hydroxylation sites is 2. The van der Waals surface area contributed by atoms with Gasteiger partial charge < -0.3 is 15.5 Å². The number of amides is 2. The lowest BCUT2D eigenvalue weighted by molar-refractivity contribution is -0.120. The van der Waals surface area contributed by atoms with Gasteiger partial charge in [0.1, 0.15) is 0 Å². The van der Waals surface area contributed by atoms with Gasteiger partial charge in [0, 0.05) is 18.7 Å². The summed E-state index contributed by atoms with van der Waals surface area (Å²) in [6.07, 6.45) is 0. The fourth-order valence-electron chi connectivity index (χ4n) is 2.53. The predicted octanol–water partition coefficient (Wildman–Crippen LogP) is 2.15. The largest absolute Gasteiger partial charge is 0.359 e. The van der Waals surface area contributed by atoms with Gasteiger partial charge in [-0.2, -0.15) is 0 Å². The summed E-state index contributed by atoms with van der Waals surface area (Å²) in [5.41, 5.74) is 1.21. The van der Waals surface area contributed by atoms with Crippen LogP contribution >= 0.6 is 0 Å². The Morgan fingerprint density at radius 1 is 1.12 bits per heavy atom. The molecule has 2 amide bonds. The minimum atomic E-state index is -1.08. The summed E-state index contributed by atoms with van der Waals surface area (Å²) in [6.45, 7) is 1.33. The van der Waals surface area contributed by atoms with Crippen molar-refractivity contribution in [1.82, 2.24) is 5.32 Å². The maximum absolute atomic E-state index is 13.3. The summed E-state index contributed by atoms with van der Waals surface area (Å²) in [5.74, 6) is -2.74. The first-order valence-electron chi connectivity index (χ1n) is 7.41. The second-order valence-electron chi connectivity index (χ2n) is 5.37. The van der Waals surface area contributed by atoms with Crippen LogP contribution in [0.3, 0.4) is 0 Å². The van der Waals surface area contributed by atoms with Crippen molar-refractivity contribution < 1.29 is 18.4 Å². The molecule has 24 heavy (non-hydrogen) atoms. The molecule has 1 saturated heterocycles. The van der Waals surface area contributed by atoms with E-state index in [2.05, 4.69) is 10.6 Å². The van der Waals surface area contributed by atoms with Crippen molar-refractivity contribution in [3.8, 4) is 0 Å². The zero-order valence-corrected chi connectivity index (χ0v) is 12.7. The molecule has 3 rings (SSSR count). The molecule has 0 bridgehead atoms. The van der Waals surface area contributed by atoms with E-state index in [0.29, 0.717) is 24.5 Å². The molecule has 1 aliphatic rings. The molecule has 0 aromatic heterocycles. The first-order valence-corrected chi connectivity index (χ1v) is 7.41. The zero-order valence-electron chi connectivity index (χ0n) is 12.7. The van der Waals surface area contributed by atoms with E-state index in [1.165, 1.54) is 6.07 Å². The minimum absolute atomic E-state index is 0.0140. The van der Waals surface area contributed by atoms with E-state index in [1.807, 2.05) is 4.90 Å². The van der Waals surface area contributed by atoms with Crippen molar-refractivity contribution in [2.75, 3.05) is 29.9 Å². The van der Waals surface area contributed by atoms with Crippen molar-refractivity contribution in [3.63, 3.8) is 0 Å². The Balaban J connectivity index is 1.83. The van der Waals surface area contributed by atoms with Crippen LogP contribution in [0.1, 0.15) is 10.4 Å². The topological polar surface area (TPSA) is 61.4 Å². The van der Waals surface area contributed by atoms with Crippen LogP contribution in [0.5, 0.6) is 0 Å². The van der Waals surface area contributed by atoms with Crippen molar-refractivity contribution in [2.24, 2.45) is 0 Å².